The second-order valence-electron chi connectivity index (χ2n) is 5.32. The normalized spacial score (nSPS) is 28.5. The predicted molar refractivity (Wildman–Crippen MR) is 64.4 cm³/mol. The summed E-state index contributed by atoms with van der Waals surface area (Å²) in [5.74, 6) is -0.0337. The van der Waals surface area contributed by atoms with Crippen LogP contribution in [0.25, 0.3) is 0 Å². The van der Waals surface area contributed by atoms with E-state index in [1.807, 2.05) is 0 Å². The number of alkyl carbamates (subject to hydrolysis) is 1. The Morgan fingerprint density at radius 1 is 1.41 bits per heavy atom. The number of hydrogen-bond acceptors (Lipinski definition) is 5. The molecule has 2 atom stereocenters. The Kier molecular flexibility index (Phi) is 4.03. The fraction of sp³-hybridized carbons (Fsp3) is 0.900. The van der Waals surface area contributed by atoms with E-state index in [1.165, 1.54) is 0 Å². The lowest BCUT2D eigenvalue weighted by atomic mass is 10.1. The maximum atomic E-state index is 11.5. The fourth-order valence-corrected chi connectivity index (χ4v) is 3.28. The average Bonchev–Trinajstić information content (AvgIpc) is 2.07. The minimum atomic E-state index is -3.10. The number of carbonyl (C=O) groups excluding carboxylic acids is 1. The molecule has 100 valence electrons. The van der Waals surface area contributed by atoms with Gasteiger partial charge in [0.15, 0.2) is 9.84 Å². The molecule has 1 heterocycles. The van der Waals surface area contributed by atoms with Gasteiger partial charge in [-0.2, -0.15) is 0 Å². The molecule has 6 nitrogen and oxygen atoms in total. The molecule has 1 aliphatic heterocycles. The molecule has 0 aromatic rings. The van der Waals surface area contributed by atoms with Crippen molar-refractivity contribution >= 4 is 15.9 Å². The van der Waals surface area contributed by atoms with E-state index in [9.17, 15) is 13.2 Å². The van der Waals surface area contributed by atoms with Crippen LogP contribution in [0.1, 0.15) is 27.2 Å². The summed E-state index contributed by atoms with van der Waals surface area (Å²) in [4.78, 5) is 11.5. The molecule has 0 radical (unpaired) electrons. The lowest BCUT2D eigenvalue weighted by molar-refractivity contribution is 0.0501. The van der Waals surface area contributed by atoms with Crippen molar-refractivity contribution in [3.05, 3.63) is 0 Å². The van der Waals surface area contributed by atoms with Gasteiger partial charge in [0, 0.05) is 6.04 Å². The number of hydrogen-bond donors (Lipinski definition) is 2. The van der Waals surface area contributed by atoms with Gasteiger partial charge in [0.05, 0.1) is 17.5 Å². The molecule has 1 rings (SSSR count). The van der Waals surface area contributed by atoms with E-state index in [2.05, 4.69) is 5.32 Å². The monoisotopic (exact) mass is 264 g/mol. The van der Waals surface area contributed by atoms with E-state index in [1.54, 1.807) is 20.8 Å². The third-order valence-electron chi connectivity index (χ3n) is 2.41. The Morgan fingerprint density at radius 3 is 2.53 bits per heavy atom. The first-order valence-electron chi connectivity index (χ1n) is 5.54. The van der Waals surface area contributed by atoms with Crippen molar-refractivity contribution in [2.24, 2.45) is 5.73 Å². The zero-order valence-corrected chi connectivity index (χ0v) is 11.2. The Morgan fingerprint density at radius 2 is 2.00 bits per heavy atom. The molecule has 1 saturated heterocycles. The van der Waals surface area contributed by atoms with Gasteiger partial charge in [-0.05, 0) is 27.2 Å². The Hall–Kier alpha value is -0.820. The third-order valence-corrected chi connectivity index (χ3v) is 4.14. The van der Waals surface area contributed by atoms with Crippen LogP contribution < -0.4 is 11.1 Å². The van der Waals surface area contributed by atoms with Crippen LogP contribution in [0.2, 0.25) is 0 Å². The molecule has 0 spiro atoms. The van der Waals surface area contributed by atoms with Gasteiger partial charge in [-0.25, -0.2) is 13.2 Å². The van der Waals surface area contributed by atoms with Crippen molar-refractivity contribution in [2.75, 3.05) is 11.5 Å². The van der Waals surface area contributed by atoms with E-state index >= 15 is 0 Å². The number of rotatable bonds is 1. The van der Waals surface area contributed by atoms with Gasteiger partial charge < -0.3 is 15.8 Å². The lowest BCUT2D eigenvalue weighted by Gasteiger charge is -2.30. The van der Waals surface area contributed by atoms with E-state index in [0.29, 0.717) is 6.42 Å². The topological polar surface area (TPSA) is 98.5 Å². The van der Waals surface area contributed by atoms with E-state index in [4.69, 9.17) is 10.5 Å². The summed E-state index contributed by atoms with van der Waals surface area (Å²) < 4.78 is 27.9. The third kappa shape index (κ3) is 4.91. The molecule has 0 aromatic carbocycles. The molecular weight excluding hydrogens is 244 g/mol. The molecule has 17 heavy (non-hydrogen) atoms. The van der Waals surface area contributed by atoms with Crippen LogP contribution in [0.15, 0.2) is 0 Å². The van der Waals surface area contributed by atoms with Crippen LogP contribution in [0.4, 0.5) is 4.79 Å². The minimum absolute atomic E-state index is 0.0840. The smallest absolute Gasteiger partial charge is 0.407 e. The van der Waals surface area contributed by atoms with Gasteiger partial charge in [-0.15, -0.1) is 0 Å². The minimum Gasteiger partial charge on any atom is -0.444 e. The second kappa shape index (κ2) is 4.81. The van der Waals surface area contributed by atoms with Gasteiger partial charge in [-0.1, -0.05) is 0 Å². The Labute approximate surface area is 102 Å². The predicted octanol–water partition coefficient (Wildman–Crippen LogP) is 0.0255. The largest absolute Gasteiger partial charge is 0.444 e. The van der Waals surface area contributed by atoms with Crippen LogP contribution >= 0.6 is 0 Å². The number of sulfone groups is 1. The number of carbonyl (C=O) groups is 1. The molecule has 0 saturated carbocycles. The highest BCUT2D eigenvalue weighted by Crippen LogP contribution is 2.13. The highest BCUT2D eigenvalue weighted by atomic mass is 32.2. The standard InChI is InChI=1S/C10H20N2O4S/c1-10(2,3)16-9(13)12-8-6-17(14,15)5-4-7(8)11/h7-8H,4-6,11H2,1-3H3,(H,12,13)/t7-,8+/m1/s1. The van der Waals surface area contributed by atoms with Crippen LogP contribution in [-0.2, 0) is 14.6 Å². The first kappa shape index (κ1) is 14.2. The van der Waals surface area contributed by atoms with Gasteiger partial charge in [0.1, 0.15) is 5.60 Å². The molecule has 1 fully saturated rings. The lowest BCUT2D eigenvalue weighted by Crippen LogP contribution is -2.55. The molecular formula is C10H20N2O4S. The van der Waals surface area contributed by atoms with Crippen molar-refractivity contribution in [1.29, 1.82) is 0 Å². The van der Waals surface area contributed by atoms with Crippen molar-refractivity contribution in [3.8, 4) is 0 Å². The quantitative estimate of drug-likeness (QED) is 0.696. The van der Waals surface area contributed by atoms with Gasteiger partial charge in [0.25, 0.3) is 0 Å². The molecule has 0 aliphatic carbocycles. The van der Waals surface area contributed by atoms with E-state index in [-0.39, 0.29) is 17.5 Å². The number of nitrogens with two attached hydrogens (primary N) is 1. The molecule has 0 aromatic heterocycles. The van der Waals surface area contributed by atoms with Gasteiger partial charge >= 0.3 is 6.09 Å². The van der Waals surface area contributed by atoms with Crippen molar-refractivity contribution in [2.45, 2.75) is 44.9 Å². The molecule has 0 bridgehead atoms. The highest BCUT2D eigenvalue weighted by molar-refractivity contribution is 7.91. The Balaban J connectivity index is 2.58. The summed E-state index contributed by atoms with van der Waals surface area (Å²) in [5, 5.41) is 2.52. The molecule has 7 heteroatoms. The summed E-state index contributed by atoms with van der Waals surface area (Å²) >= 11 is 0. The Bertz CT molecular complexity index is 386. The maximum absolute atomic E-state index is 11.5. The summed E-state index contributed by atoms with van der Waals surface area (Å²) in [7, 11) is -3.10. The molecule has 0 unspecified atom stereocenters. The van der Waals surface area contributed by atoms with Gasteiger partial charge in [0.2, 0.25) is 0 Å². The first-order valence-corrected chi connectivity index (χ1v) is 7.37. The molecule has 3 N–H and O–H groups in total. The zero-order valence-electron chi connectivity index (χ0n) is 10.4. The van der Waals surface area contributed by atoms with Crippen molar-refractivity contribution < 1.29 is 17.9 Å². The summed E-state index contributed by atoms with van der Waals surface area (Å²) in [5.41, 5.74) is 5.17. The fourth-order valence-electron chi connectivity index (χ4n) is 1.60. The second-order valence-corrected chi connectivity index (χ2v) is 7.55. The summed E-state index contributed by atoms with van der Waals surface area (Å²) in [6.45, 7) is 5.22. The van der Waals surface area contributed by atoms with Crippen LogP contribution in [0, 0.1) is 0 Å². The summed E-state index contributed by atoms with van der Waals surface area (Å²) in [6.07, 6.45) is -0.266. The van der Waals surface area contributed by atoms with Crippen molar-refractivity contribution in [1.82, 2.24) is 5.32 Å². The van der Waals surface area contributed by atoms with Crippen LogP contribution in [0.5, 0.6) is 0 Å². The highest BCUT2D eigenvalue weighted by Gasteiger charge is 2.32. The van der Waals surface area contributed by atoms with Crippen LogP contribution in [-0.4, -0.2) is 43.7 Å². The summed E-state index contributed by atoms with van der Waals surface area (Å²) in [6, 6.07) is -0.908. The molecule has 1 amide bonds. The van der Waals surface area contributed by atoms with E-state index in [0.717, 1.165) is 0 Å². The first-order chi connectivity index (χ1) is 7.59. The zero-order chi connectivity index (χ0) is 13.3. The van der Waals surface area contributed by atoms with Gasteiger partial charge in [-0.3, -0.25) is 0 Å². The maximum Gasteiger partial charge on any atom is 0.407 e. The SMILES string of the molecule is CC(C)(C)OC(=O)N[C@H]1CS(=O)(=O)CC[C@H]1N. The van der Waals surface area contributed by atoms with Crippen LogP contribution in [0.3, 0.4) is 0 Å². The number of ether oxygens (including phenoxy) is 1. The van der Waals surface area contributed by atoms with Crippen molar-refractivity contribution in [3.63, 3.8) is 0 Å². The average molecular weight is 264 g/mol. The number of nitrogens with one attached hydrogen (secondary N) is 1. The number of amides is 1. The molecule has 1 aliphatic rings. The van der Waals surface area contributed by atoms with E-state index < -0.39 is 27.6 Å².